The van der Waals surface area contributed by atoms with Crippen LogP contribution in [0, 0.1) is 12.3 Å². The highest BCUT2D eigenvalue weighted by Crippen LogP contribution is 2.19. The quantitative estimate of drug-likeness (QED) is 0.365. The second-order valence-corrected chi connectivity index (χ2v) is 4.46. The average Bonchev–Trinajstić information content (AvgIpc) is 2.47. The lowest BCUT2D eigenvalue weighted by Crippen LogP contribution is -2.14. The van der Waals surface area contributed by atoms with Crippen LogP contribution in [0.1, 0.15) is 11.1 Å². The summed E-state index contributed by atoms with van der Waals surface area (Å²) in [6, 6.07) is 5.46. The first-order valence-corrected chi connectivity index (χ1v) is 6.87. The first kappa shape index (κ1) is 17.4. The number of nitrogen functional groups attached to an aromatic ring is 1. The highest BCUT2D eigenvalue weighted by atomic mass is 16.6. The summed E-state index contributed by atoms with van der Waals surface area (Å²) in [5.74, 6) is 0.756. The van der Waals surface area contributed by atoms with Gasteiger partial charge in [-0.25, -0.2) is 0 Å². The molecule has 6 nitrogen and oxygen atoms in total. The van der Waals surface area contributed by atoms with E-state index >= 15 is 0 Å². The van der Waals surface area contributed by atoms with Gasteiger partial charge in [-0.3, -0.25) is 5.41 Å². The Morgan fingerprint density at radius 2 is 1.67 bits per heavy atom. The third-order valence-electron chi connectivity index (χ3n) is 2.79. The molecule has 0 aliphatic heterocycles. The number of aryl methyl sites for hydroxylation is 1. The van der Waals surface area contributed by atoms with Crippen LogP contribution in [-0.4, -0.2) is 52.6 Å². The topological polar surface area (TPSA) is 86.8 Å². The van der Waals surface area contributed by atoms with Gasteiger partial charge in [-0.05, 0) is 18.6 Å². The van der Waals surface area contributed by atoms with Crippen molar-refractivity contribution in [1.29, 1.82) is 5.41 Å². The van der Waals surface area contributed by atoms with Crippen LogP contribution < -0.4 is 10.5 Å². The van der Waals surface area contributed by atoms with E-state index in [0.29, 0.717) is 45.2 Å². The second kappa shape index (κ2) is 10.1. The summed E-state index contributed by atoms with van der Waals surface area (Å²) in [6.07, 6.45) is 0. The summed E-state index contributed by atoms with van der Waals surface area (Å²) < 4.78 is 21.2. The van der Waals surface area contributed by atoms with Crippen molar-refractivity contribution < 1.29 is 18.9 Å². The molecular formula is C15H24N2O4. The molecule has 1 aromatic rings. The minimum Gasteiger partial charge on any atom is -0.491 e. The zero-order valence-electron chi connectivity index (χ0n) is 12.7. The third-order valence-corrected chi connectivity index (χ3v) is 2.79. The number of ether oxygens (including phenoxy) is 4. The molecule has 0 heterocycles. The van der Waals surface area contributed by atoms with E-state index in [4.69, 9.17) is 30.1 Å². The van der Waals surface area contributed by atoms with Gasteiger partial charge >= 0.3 is 0 Å². The molecular weight excluding hydrogens is 272 g/mol. The molecule has 0 bridgehead atoms. The van der Waals surface area contributed by atoms with E-state index in [9.17, 15) is 0 Å². The Kier molecular flexibility index (Phi) is 8.42. The predicted molar refractivity (Wildman–Crippen MR) is 81.2 cm³/mol. The summed E-state index contributed by atoms with van der Waals surface area (Å²) >= 11 is 0. The van der Waals surface area contributed by atoms with Gasteiger partial charge in [-0.2, -0.15) is 0 Å². The van der Waals surface area contributed by atoms with Gasteiger partial charge < -0.3 is 24.7 Å². The van der Waals surface area contributed by atoms with Crippen LogP contribution in [0.3, 0.4) is 0 Å². The molecule has 1 rings (SSSR count). The van der Waals surface area contributed by atoms with Crippen molar-refractivity contribution >= 4 is 5.84 Å². The number of nitrogens with one attached hydrogen (secondary N) is 1. The van der Waals surface area contributed by atoms with Gasteiger partial charge in [0.2, 0.25) is 0 Å². The number of hydrogen-bond donors (Lipinski definition) is 2. The van der Waals surface area contributed by atoms with Crippen LogP contribution in [-0.2, 0) is 14.2 Å². The molecule has 3 N–H and O–H groups in total. The van der Waals surface area contributed by atoms with Crippen molar-refractivity contribution in [2.24, 2.45) is 5.73 Å². The van der Waals surface area contributed by atoms with Crippen molar-refractivity contribution in [1.82, 2.24) is 0 Å². The number of nitrogens with two attached hydrogens (primary N) is 1. The Bertz CT molecular complexity index is 438. The van der Waals surface area contributed by atoms with Gasteiger partial charge in [0.1, 0.15) is 18.2 Å². The largest absolute Gasteiger partial charge is 0.491 e. The smallest absolute Gasteiger partial charge is 0.123 e. The molecule has 0 aliphatic rings. The summed E-state index contributed by atoms with van der Waals surface area (Å²) in [5.41, 5.74) is 7.12. The molecule has 0 amide bonds. The Morgan fingerprint density at radius 3 is 2.29 bits per heavy atom. The van der Waals surface area contributed by atoms with Crippen LogP contribution in [0.5, 0.6) is 5.75 Å². The number of amidine groups is 1. The van der Waals surface area contributed by atoms with E-state index in [1.54, 1.807) is 19.2 Å². The lowest BCUT2D eigenvalue weighted by Gasteiger charge is -2.11. The Hall–Kier alpha value is -1.63. The maximum absolute atomic E-state index is 7.41. The maximum atomic E-state index is 7.41. The zero-order chi connectivity index (χ0) is 15.5. The maximum Gasteiger partial charge on any atom is 0.123 e. The molecule has 0 aromatic heterocycles. The lowest BCUT2D eigenvalue weighted by molar-refractivity contribution is 0.0179. The molecule has 0 atom stereocenters. The Morgan fingerprint density at radius 1 is 1.05 bits per heavy atom. The number of rotatable bonds is 11. The van der Waals surface area contributed by atoms with Crippen LogP contribution in [0.25, 0.3) is 0 Å². The average molecular weight is 296 g/mol. The van der Waals surface area contributed by atoms with E-state index < -0.39 is 0 Å². The Labute approximate surface area is 125 Å². The van der Waals surface area contributed by atoms with Gasteiger partial charge in [-0.1, -0.05) is 12.1 Å². The predicted octanol–water partition coefficient (Wildman–Crippen LogP) is 1.34. The van der Waals surface area contributed by atoms with Gasteiger partial charge in [-0.15, -0.1) is 0 Å². The van der Waals surface area contributed by atoms with E-state index in [1.165, 1.54) is 0 Å². The monoisotopic (exact) mass is 296 g/mol. The fourth-order valence-corrected chi connectivity index (χ4v) is 1.60. The molecule has 0 fully saturated rings. The van der Waals surface area contributed by atoms with E-state index in [1.807, 2.05) is 13.0 Å². The lowest BCUT2D eigenvalue weighted by atomic mass is 10.1. The molecule has 0 saturated heterocycles. The van der Waals surface area contributed by atoms with Gasteiger partial charge in [0, 0.05) is 12.7 Å². The number of methoxy groups -OCH3 is 1. The molecule has 0 spiro atoms. The number of benzene rings is 1. The SMILES string of the molecule is COCCOCCOCCOc1cc(C(=N)N)ccc1C. The summed E-state index contributed by atoms with van der Waals surface area (Å²) in [4.78, 5) is 0. The third kappa shape index (κ3) is 7.08. The molecule has 0 aliphatic carbocycles. The fraction of sp³-hybridized carbons (Fsp3) is 0.533. The van der Waals surface area contributed by atoms with E-state index in [0.717, 1.165) is 11.3 Å². The first-order valence-electron chi connectivity index (χ1n) is 6.87. The van der Waals surface area contributed by atoms with Gasteiger partial charge in [0.15, 0.2) is 0 Å². The highest BCUT2D eigenvalue weighted by molar-refractivity contribution is 5.95. The van der Waals surface area contributed by atoms with E-state index in [2.05, 4.69) is 0 Å². The van der Waals surface area contributed by atoms with Crippen molar-refractivity contribution in [2.75, 3.05) is 46.8 Å². The zero-order valence-corrected chi connectivity index (χ0v) is 12.7. The van der Waals surface area contributed by atoms with Crippen LogP contribution in [0.15, 0.2) is 18.2 Å². The van der Waals surface area contributed by atoms with Crippen LogP contribution in [0.2, 0.25) is 0 Å². The second-order valence-electron chi connectivity index (χ2n) is 4.46. The Balaban J connectivity index is 2.18. The summed E-state index contributed by atoms with van der Waals surface area (Å²) in [5, 5.41) is 7.41. The van der Waals surface area contributed by atoms with Gasteiger partial charge in [0.25, 0.3) is 0 Å². The number of hydrogen-bond acceptors (Lipinski definition) is 5. The van der Waals surface area contributed by atoms with Gasteiger partial charge in [0.05, 0.1) is 33.0 Å². The van der Waals surface area contributed by atoms with Crippen molar-refractivity contribution in [3.05, 3.63) is 29.3 Å². The van der Waals surface area contributed by atoms with Crippen LogP contribution in [0.4, 0.5) is 0 Å². The highest BCUT2D eigenvalue weighted by Gasteiger charge is 2.03. The summed E-state index contributed by atoms with van der Waals surface area (Å²) in [6.45, 7) is 5.12. The molecule has 21 heavy (non-hydrogen) atoms. The minimum absolute atomic E-state index is 0.0318. The first-order chi connectivity index (χ1) is 10.1. The molecule has 6 heteroatoms. The molecule has 118 valence electrons. The van der Waals surface area contributed by atoms with E-state index in [-0.39, 0.29) is 5.84 Å². The van der Waals surface area contributed by atoms with Crippen molar-refractivity contribution in [2.45, 2.75) is 6.92 Å². The standard InChI is InChI=1S/C15H24N2O4/c1-12-3-4-13(15(16)17)11-14(12)21-10-9-20-8-7-19-6-5-18-2/h3-4,11H,5-10H2,1-2H3,(H3,16,17). The van der Waals surface area contributed by atoms with Crippen molar-refractivity contribution in [3.63, 3.8) is 0 Å². The molecule has 1 aromatic carbocycles. The normalized spacial score (nSPS) is 10.6. The fourth-order valence-electron chi connectivity index (χ4n) is 1.60. The van der Waals surface area contributed by atoms with Crippen LogP contribution >= 0.6 is 0 Å². The molecule has 0 saturated carbocycles. The molecule has 0 unspecified atom stereocenters. The molecule has 0 radical (unpaired) electrons. The minimum atomic E-state index is 0.0318. The summed E-state index contributed by atoms with van der Waals surface area (Å²) in [7, 11) is 1.64. The van der Waals surface area contributed by atoms with Crippen molar-refractivity contribution in [3.8, 4) is 5.75 Å².